The van der Waals surface area contributed by atoms with Crippen molar-refractivity contribution in [3.63, 3.8) is 0 Å². The van der Waals surface area contributed by atoms with Gasteiger partial charge in [0.25, 0.3) is 0 Å². The fourth-order valence-corrected chi connectivity index (χ4v) is 2.12. The van der Waals surface area contributed by atoms with Crippen molar-refractivity contribution in [1.82, 2.24) is 10.4 Å². The van der Waals surface area contributed by atoms with Gasteiger partial charge in [-0.3, -0.25) is 9.79 Å². The number of aliphatic carboxylic acids is 1. The van der Waals surface area contributed by atoms with E-state index in [1.54, 1.807) is 20.2 Å². The van der Waals surface area contributed by atoms with E-state index in [1.807, 2.05) is 24.4 Å². The zero-order valence-corrected chi connectivity index (χ0v) is 16.2. The number of aromatic nitrogens is 1. The molecule has 1 aromatic heterocycles. The highest BCUT2D eigenvalue weighted by Gasteiger charge is 2.03. The van der Waals surface area contributed by atoms with Gasteiger partial charge in [0.15, 0.2) is 0 Å². The van der Waals surface area contributed by atoms with Gasteiger partial charge in [-0.25, -0.2) is 5.43 Å². The van der Waals surface area contributed by atoms with Crippen LogP contribution in [0.3, 0.4) is 0 Å². The minimum Gasteiger partial charge on any atom is -0.497 e. The minimum atomic E-state index is -0.745. The zero-order chi connectivity index (χ0) is 20.1. The van der Waals surface area contributed by atoms with Crippen molar-refractivity contribution in [2.24, 2.45) is 15.8 Å². The number of nitrogens with zero attached hydrogens (tertiary/aromatic N) is 2. The number of methoxy groups -OCH3 is 1. The van der Waals surface area contributed by atoms with Crippen LogP contribution >= 0.6 is 0 Å². The topological polar surface area (TPSA) is 125 Å². The van der Waals surface area contributed by atoms with E-state index < -0.39 is 5.97 Å². The first-order valence-corrected chi connectivity index (χ1v) is 8.97. The predicted molar refractivity (Wildman–Crippen MR) is 110 cm³/mol. The van der Waals surface area contributed by atoms with Crippen molar-refractivity contribution in [2.75, 3.05) is 13.7 Å². The number of nitrogens with two attached hydrogens (primary N) is 1. The summed E-state index contributed by atoms with van der Waals surface area (Å²) in [4.78, 5) is 16.8. The number of carboxylic acids is 1. The van der Waals surface area contributed by atoms with E-state index in [1.165, 1.54) is 6.42 Å². The molecule has 0 unspecified atom stereocenters. The third-order valence-corrected chi connectivity index (χ3v) is 3.65. The Kier molecular flexibility index (Phi) is 10.1. The Labute approximate surface area is 159 Å². The third kappa shape index (κ3) is 8.26. The average Bonchev–Trinajstić information content (AvgIpc) is 3.08. The average molecular weight is 375 g/mol. The third-order valence-electron chi connectivity index (χ3n) is 3.65. The fourth-order valence-electron chi connectivity index (χ4n) is 2.12. The Hall–Kier alpha value is -3.03. The summed E-state index contributed by atoms with van der Waals surface area (Å²) in [7, 11) is 1.65. The molecule has 0 spiro atoms. The lowest BCUT2D eigenvalue weighted by Crippen LogP contribution is -2.27. The van der Waals surface area contributed by atoms with Crippen LogP contribution in [0.15, 0.2) is 34.5 Å². The van der Waals surface area contributed by atoms with E-state index in [9.17, 15) is 4.79 Å². The van der Waals surface area contributed by atoms with Crippen molar-refractivity contribution < 1.29 is 14.6 Å². The van der Waals surface area contributed by atoms with Crippen LogP contribution in [0.25, 0.3) is 10.9 Å². The summed E-state index contributed by atoms with van der Waals surface area (Å²) in [6.07, 6.45) is 7.21. The Morgan fingerprint density at radius 1 is 1.37 bits per heavy atom. The molecule has 0 atom stereocenters. The lowest BCUT2D eigenvalue weighted by atomic mass is 10.2. The number of unbranched alkanes of at least 4 members (excludes halogenated alkanes) is 2. The van der Waals surface area contributed by atoms with Crippen LogP contribution in [-0.2, 0) is 4.79 Å². The summed E-state index contributed by atoms with van der Waals surface area (Å²) >= 11 is 0. The monoisotopic (exact) mass is 375 g/mol. The van der Waals surface area contributed by atoms with Gasteiger partial charge in [-0.2, -0.15) is 5.10 Å². The molecule has 1 aromatic carbocycles. The number of nitrogens with one attached hydrogen (secondary N) is 2. The van der Waals surface area contributed by atoms with Gasteiger partial charge in [-0.1, -0.05) is 26.7 Å². The number of hydrogen-bond donors (Lipinski definition) is 4. The van der Waals surface area contributed by atoms with Gasteiger partial charge in [-0.05, 0) is 24.6 Å². The normalized spacial score (nSPS) is 11.3. The minimum absolute atomic E-state index is 0.222. The van der Waals surface area contributed by atoms with Crippen molar-refractivity contribution in [3.05, 3.63) is 30.0 Å². The second-order valence-electron chi connectivity index (χ2n) is 5.75. The molecular formula is C19H29N5O3. The number of carbonyl (C=O) groups is 1. The molecule has 1 heterocycles. The van der Waals surface area contributed by atoms with Crippen molar-refractivity contribution in [2.45, 2.75) is 39.5 Å². The largest absolute Gasteiger partial charge is 0.497 e. The maximum atomic E-state index is 9.37. The molecule has 0 radical (unpaired) electrons. The zero-order valence-electron chi connectivity index (χ0n) is 16.2. The van der Waals surface area contributed by atoms with Crippen LogP contribution in [0.2, 0.25) is 0 Å². The van der Waals surface area contributed by atoms with Gasteiger partial charge in [0.2, 0.25) is 5.96 Å². The smallest absolute Gasteiger partial charge is 0.303 e. The molecule has 0 saturated heterocycles. The van der Waals surface area contributed by atoms with E-state index in [0.717, 1.165) is 41.6 Å². The summed E-state index contributed by atoms with van der Waals surface area (Å²) in [5, 5.41) is 12.9. The molecule has 2 aromatic rings. The summed E-state index contributed by atoms with van der Waals surface area (Å²) in [6.45, 7) is 4.49. The van der Waals surface area contributed by atoms with Crippen LogP contribution in [0.1, 0.15) is 45.1 Å². The Balaban J connectivity index is 0.000000646. The summed E-state index contributed by atoms with van der Waals surface area (Å²) in [5.74, 6) is 0.404. The predicted octanol–water partition coefficient (Wildman–Crippen LogP) is 3.09. The number of hydrogen-bond acceptors (Lipinski definition) is 4. The molecule has 0 aliphatic carbocycles. The first kappa shape index (κ1) is 22.0. The number of rotatable bonds is 8. The number of carboxylic acid groups (broad SMARTS) is 1. The lowest BCUT2D eigenvalue weighted by molar-refractivity contribution is -0.136. The van der Waals surface area contributed by atoms with E-state index in [2.05, 4.69) is 27.4 Å². The van der Waals surface area contributed by atoms with E-state index in [0.29, 0.717) is 5.96 Å². The van der Waals surface area contributed by atoms with Crippen molar-refractivity contribution in [1.29, 1.82) is 0 Å². The van der Waals surface area contributed by atoms with Gasteiger partial charge < -0.3 is 20.6 Å². The lowest BCUT2D eigenvalue weighted by Gasteiger charge is -2.00. The van der Waals surface area contributed by atoms with Gasteiger partial charge in [0.1, 0.15) is 5.75 Å². The number of benzene rings is 1. The van der Waals surface area contributed by atoms with Crippen LogP contribution in [-0.4, -0.2) is 41.9 Å². The number of H-pyrrole nitrogens is 1. The standard InChI is InChI=1S/C16H23N5O.C3H6O2/c1-3-4-5-8-18-16(17)21-20-11-12-10-19-15-7-6-13(22-2)9-14(12)15;1-2-3(4)5/h6-7,9-11,19H,3-5,8H2,1-2H3,(H3,17,18,21);2H2,1H3,(H,4,5)/b20-11-;. The molecule has 0 aliphatic heterocycles. The summed E-state index contributed by atoms with van der Waals surface area (Å²) < 4.78 is 5.24. The highest BCUT2D eigenvalue weighted by atomic mass is 16.5. The molecule has 27 heavy (non-hydrogen) atoms. The molecule has 2 rings (SSSR count). The molecule has 148 valence electrons. The Morgan fingerprint density at radius 3 is 2.74 bits per heavy atom. The molecule has 0 aliphatic rings. The van der Waals surface area contributed by atoms with Gasteiger partial charge in [0, 0.05) is 35.6 Å². The van der Waals surface area contributed by atoms with Crippen molar-refractivity contribution >= 4 is 29.0 Å². The molecule has 0 bridgehead atoms. The maximum Gasteiger partial charge on any atom is 0.303 e. The Morgan fingerprint density at radius 2 is 2.11 bits per heavy atom. The molecular weight excluding hydrogens is 346 g/mol. The number of guanidine groups is 1. The first-order chi connectivity index (χ1) is 13.0. The SMILES string of the molecule is CCC(=O)O.CCCCCN=C(N)N/N=C\c1c[nH]c2ccc(OC)cc12. The molecule has 8 heteroatoms. The Bertz CT molecular complexity index is 768. The highest BCUT2D eigenvalue weighted by Crippen LogP contribution is 2.22. The summed E-state index contributed by atoms with van der Waals surface area (Å²) in [5.41, 5.74) is 10.5. The van der Waals surface area contributed by atoms with Crippen LogP contribution in [0.4, 0.5) is 0 Å². The quantitative estimate of drug-likeness (QED) is 0.244. The number of fused-ring (bicyclic) bond motifs is 1. The van der Waals surface area contributed by atoms with E-state index in [-0.39, 0.29) is 6.42 Å². The van der Waals surface area contributed by atoms with Gasteiger partial charge in [0.05, 0.1) is 13.3 Å². The number of hydrazone groups is 1. The maximum absolute atomic E-state index is 9.37. The second kappa shape index (κ2) is 12.3. The number of ether oxygens (including phenoxy) is 1. The van der Waals surface area contributed by atoms with E-state index >= 15 is 0 Å². The first-order valence-electron chi connectivity index (χ1n) is 8.97. The summed E-state index contributed by atoms with van der Waals surface area (Å²) in [6, 6.07) is 5.86. The van der Waals surface area contributed by atoms with Crippen molar-refractivity contribution in [3.8, 4) is 5.75 Å². The number of aromatic amines is 1. The van der Waals surface area contributed by atoms with E-state index in [4.69, 9.17) is 15.6 Å². The molecule has 0 saturated carbocycles. The number of aliphatic imine (C=N–C) groups is 1. The molecule has 0 fully saturated rings. The van der Waals surface area contributed by atoms with Crippen LogP contribution in [0.5, 0.6) is 5.75 Å². The highest BCUT2D eigenvalue weighted by molar-refractivity contribution is 5.99. The van der Waals surface area contributed by atoms with Crippen LogP contribution < -0.4 is 15.9 Å². The molecule has 0 amide bonds. The van der Waals surface area contributed by atoms with Gasteiger partial charge >= 0.3 is 5.97 Å². The second-order valence-corrected chi connectivity index (χ2v) is 5.75. The molecule has 5 N–H and O–H groups in total. The van der Waals surface area contributed by atoms with Crippen LogP contribution in [0, 0.1) is 0 Å². The van der Waals surface area contributed by atoms with Gasteiger partial charge in [-0.15, -0.1) is 0 Å². The molecule has 8 nitrogen and oxygen atoms in total. The fraction of sp³-hybridized carbons (Fsp3) is 0.421.